The van der Waals surface area contributed by atoms with E-state index in [1.807, 2.05) is 31.1 Å². The SMILES string of the molecule is CN(C)c1ccc(NC(=O)COC(=O)CSc2ccccc2F)cc1. The number of thioether (sulfide) groups is 1. The van der Waals surface area contributed by atoms with Crippen LogP contribution in [0.1, 0.15) is 0 Å². The average Bonchev–Trinajstić information content (AvgIpc) is 2.59. The van der Waals surface area contributed by atoms with Crippen LogP contribution in [-0.2, 0) is 14.3 Å². The average molecular weight is 362 g/mol. The first-order chi connectivity index (χ1) is 12.0. The Morgan fingerprint density at radius 3 is 2.44 bits per heavy atom. The van der Waals surface area contributed by atoms with Gasteiger partial charge in [-0.1, -0.05) is 12.1 Å². The molecule has 5 nitrogen and oxygen atoms in total. The van der Waals surface area contributed by atoms with Crippen LogP contribution in [-0.4, -0.2) is 38.3 Å². The first-order valence-electron chi connectivity index (χ1n) is 7.56. The highest BCUT2D eigenvalue weighted by atomic mass is 32.2. The predicted octanol–water partition coefficient (Wildman–Crippen LogP) is 3.17. The molecule has 0 aliphatic carbocycles. The number of nitrogens with zero attached hydrogens (tertiary/aromatic N) is 1. The number of benzene rings is 2. The summed E-state index contributed by atoms with van der Waals surface area (Å²) in [7, 11) is 3.85. The zero-order chi connectivity index (χ0) is 18.2. The monoisotopic (exact) mass is 362 g/mol. The number of halogens is 1. The van der Waals surface area contributed by atoms with E-state index in [0.717, 1.165) is 17.4 Å². The molecular weight excluding hydrogens is 343 g/mol. The number of rotatable bonds is 7. The first kappa shape index (κ1) is 18.8. The Bertz CT molecular complexity index is 735. The molecule has 2 rings (SSSR count). The fourth-order valence-corrected chi connectivity index (χ4v) is 2.66. The van der Waals surface area contributed by atoms with Crippen LogP contribution in [0.4, 0.5) is 15.8 Å². The van der Waals surface area contributed by atoms with Crippen molar-refractivity contribution >= 4 is 35.0 Å². The van der Waals surface area contributed by atoms with Crippen LogP contribution in [0.25, 0.3) is 0 Å². The number of ether oxygens (including phenoxy) is 1. The lowest BCUT2D eigenvalue weighted by Gasteiger charge is -2.13. The standard InChI is InChI=1S/C18H19FN2O3S/c1-21(2)14-9-7-13(8-10-14)20-17(22)11-24-18(23)12-25-16-6-4-3-5-15(16)19/h3-10H,11-12H2,1-2H3,(H,20,22). The number of carbonyl (C=O) groups is 2. The Morgan fingerprint density at radius 2 is 1.80 bits per heavy atom. The second-order valence-electron chi connectivity index (χ2n) is 5.37. The molecule has 132 valence electrons. The Hall–Kier alpha value is -2.54. The summed E-state index contributed by atoms with van der Waals surface area (Å²) in [6.45, 7) is -0.383. The number of anilines is 2. The molecule has 0 saturated heterocycles. The highest BCUT2D eigenvalue weighted by molar-refractivity contribution is 8.00. The fourth-order valence-electron chi connectivity index (χ4n) is 1.93. The van der Waals surface area contributed by atoms with Crippen molar-refractivity contribution < 1.29 is 18.7 Å². The van der Waals surface area contributed by atoms with Crippen molar-refractivity contribution in [2.75, 3.05) is 36.7 Å². The van der Waals surface area contributed by atoms with Crippen LogP contribution in [0.5, 0.6) is 0 Å². The number of hydrogen-bond donors (Lipinski definition) is 1. The van der Waals surface area contributed by atoms with Gasteiger partial charge in [0.2, 0.25) is 0 Å². The molecular formula is C18H19FN2O3S. The molecule has 0 aliphatic rings. The molecule has 1 amide bonds. The van der Waals surface area contributed by atoms with E-state index in [0.29, 0.717) is 10.6 Å². The maximum absolute atomic E-state index is 13.4. The predicted molar refractivity (Wildman–Crippen MR) is 97.5 cm³/mol. The number of nitrogens with one attached hydrogen (secondary N) is 1. The number of carbonyl (C=O) groups excluding carboxylic acids is 2. The minimum absolute atomic E-state index is 0.0637. The van der Waals surface area contributed by atoms with Gasteiger partial charge in [-0.05, 0) is 36.4 Å². The quantitative estimate of drug-likeness (QED) is 0.606. The highest BCUT2D eigenvalue weighted by Crippen LogP contribution is 2.21. The summed E-state index contributed by atoms with van der Waals surface area (Å²) in [5.41, 5.74) is 1.63. The third-order valence-corrected chi connectivity index (χ3v) is 4.24. The van der Waals surface area contributed by atoms with Crippen LogP contribution < -0.4 is 10.2 Å². The van der Waals surface area contributed by atoms with E-state index < -0.39 is 11.9 Å². The van der Waals surface area contributed by atoms with Gasteiger partial charge in [0.15, 0.2) is 6.61 Å². The Balaban J connectivity index is 1.74. The fraction of sp³-hybridized carbons (Fsp3) is 0.222. The van der Waals surface area contributed by atoms with Crippen molar-refractivity contribution in [1.82, 2.24) is 0 Å². The minimum Gasteiger partial charge on any atom is -0.455 e. The van der Waals surface area contributed by atoms with E-state index in [1.165, 1.54) is 6.07 Å². The molecule has 25 heavy (non-hydrogen) atoms. The van der Waals surface area contributed by atoms with Gasteiger partial charge in [0.25, 0.3) is 5.91 Å². The lowest BCUT2D eigenvalue weighted by atomic mass is 10.2. The topological polar surface area (TPSA) is 58.6 Å². The molecule has 0 unspecified atom stereocenters. The van der Waals surface area contributed by atoms with Crippen LogP contribution in [0.15, 0.2) is 53.4 Å². The normalized spacial score (nSPS) is 10.2. The van der Waals surface area contributed by atoms with Gasteiger partial charge in [-0.25, -0.2) is 4.39 Å². The number of hydrogen-bond acceptors (Lipinski definition) is 5. The molecule has 0 atom stereocenters. The van der Waals surface area contributed by atoms with E-state index in [-0.39, 0.29) is 18.2 Å². The van der Waals surface area contributed by atoms with Crippen LogP contribution >= 0.6 is 11.8 Å². The van der Waals surface area contributed by atoms with Gasteiger partial charge in [0.05, 0.1) is 5.75 Å². The lowest BCUT2D eigenvalue weighted by molar-refractivity contribution is -0.144. The van der Waals surface area contributed by atoms with Crippen molar-refractivity contribution in [3.8, 4) is 0 Å². The number of esters is 1. The van der Waals surface area contributed by atoms with Gasteiger partial charge in [0, 0.05) is 30.4 Å². The second-order valence-corrected chi connectivity index (χ2v) is 6.39. The molecule has 0 fully saturated rings. The molecule has 2 aromatic rings. The zero-order valence-electron chi connectivity index (χ0n) is 14.0. The van der Waals surface area contributed by atoms with Gasteiger partial charge >= 0.3 is 5.97 Å². The van der Waals surface area contributed by atoms with Crippen molar-refractivity contribution in [2.24, 2.45) is 0 Å². The Kier molecular flexibility index (Phi) is 6.82. The van der Waals surface area contributed by atoms with Crippen LogP contribution in [0, 0.1) is 5.82 Å². The third-order valence-electron chi connectivity index (χ3n) is 3.21. The van der Waals surface area contributed by atoms with Gasteiger partial charge in [-0.3, -0.25) is 9.59 Å². The van der Waals surface area contributed by atoms with Gasteiger partial charge < -0.3 is 15.0 Å². The van der Waals surface area contributed by atoms with Gasteiger partial charge in [-0.15, -0.1) is 11.8 Å². The minimum atomic E-state index is -0.577. The summed E-state index contributed by atoms with van der Waals surface area (Å²) < 4.78 is 18.3. The summed E-state index contributed by atoms with van der Waals surface area (Å²) >= 11 is 1.03. The maximum Gasteiger partial charge on any atom is 0.316 e. The van der Waals surface area contributed by atoms with E-state index >= 15 is 0 Å². The summed E-state index contributed by atoms with van der Waals surface area (Å²) in [5.74, 6) is -1.46. The first-order valence-corrected chi connectivity index (χ1v) is 8.54. The molecule has 0 bridgehead atoms. The van der Waals surface area contributed by atoms with E-state index in [9.17, 15) is 14.0 Å². The van der Waals surface area contributed by atoms with Crippen molar-refractivity contribution in [3.05, 3.63) is 54.3 Å². The highest BCUT2D eigenvalue weighted by Gasteiger charge is 2.10. The van der Waals surface area contributed by atoms with Crippen molar-refractivity contribution in [2.45, 2.75) is 4.90 Å². The summed E-state index contributed by atoms with van der Waals surface area (Å²) in [6, 6.07) is 13.4. The largest absolute Gasteiger partial charge is 0.455 e. The summed E-state index contributed by atoms with van der Waals surface area (Å²) in [6.07, 6.45) is 0. The lowest BCUT2D eigenvalue weighted by Crippen LogP contribution is -2.21. The molecule has 0 aromatic heterocycles. The van der Waals surface area contributed by atoms with E-state index in [2.05, 4.69) is 5.32 Å². The van der Waals surface area contributed by atoms with Crippen molar-refractivity contribution in [3.63, 3.8) is 0 Å². The summed E-state index contributed by atoms with van der Waals surface area (Å²) in [4.78, 5) is 25.8. The molecule has 0 spiro atoms. The Morgan fingerprint density at radius 1 is 1.12 bits per heavy atom. The molecule has 7 heteroatoms. The zero-order valence-corrected chi connectivity index (χ0v) is 14.8. The molecule has 0 radical (unpaired) electrons. The van der Waals surface area contributed by atoms with Crippen molar-refractivity contribution in [1.29, 1.82) is 0 Å². The van der Waals surface area contributed by atoms with E-state index in [4.69, 9.17) is 4.74 Å². The van der Waals surface area contributed by atoms with Gasteiger partial charge in [0.1, 0.15) is 5.82 Å². The number of amides is 1. The molecule has 0 aliphatic heterocycles. The second kappa shape index (κ2) is 9.08. The molecule has 1 N–H and O–H groups in total. The smallest absolute Gasteiger partial charge is 0.316 e. The maximum atomic E-state index is 13.4. The molecule has 2 aromatic carbocycles. The third kappa shape index (κ3) is 6.11. The van der Waals surface area contributed by atoms with Crippen LogP contribution in [0.2, 0.25) is 0 Å². The van der Waals surface area contributed by atoms with Gasteiger partial charge in [-0.2, -0.15) is 0 Å². The summed E-state index contributed by atoms with van der Waals surface area (Å²) in [5, 5.41) is 2.64. The molecule has 0 saturated carbocycles. The Labute approximate surface area is 150 Å². The molecule has 0 heterocycles. The van der Waals surface area contributed by atoms with E-state index in [1.54, 1.807) is 30.3 Å². The van der Waals surface area contributed by atoms with Crippen LogP contribution in [0.3, 0.4) is 0 Å².